The fraction of sp³-hybridized carbons (Fsp3) is 0.294. The molecule has 2 heterocycles. The first-order chi connectivity index (χ1) is 12.1. The summed E-state index contributed by atoms with van der Waals surface area (Å²) < 4.78 is 9.76. The molecule has 1 aromatic heterocycles. The highest BCUT2D eigenvalue weighted by molar-refractivity contribution is 5.97. The number of ether oxygens (including phenoxy) is 2. The Kier molecular flexibility index (Phi) is 4.90. The number of hydrogen-bond donors (Lipinski definition) is 2. The predicted molar refractivity (Wildman–Crippen MR) is 90.6 cm³/mol. The Morgan fingerprint density at radius 3 is 2.76 bits per heavy atom. The van der Waals surface area contributed by atoms with E-state index >= 15 is 0 Å². The Morgan fingerprint density at radius 2 is 2.08 bits per heavy atom. The number of nitrogens with zero attached hydrogens (tertiary/aromatic N) is 2. The third-order valence-electron chi connectivity index (χ3n) is 3.88. The molecule has 1 aliphatic rings. The monoisotopic (exact) mass is 342 g/mol. The van der Waals surface area contributed by atoms with Crippen LogP contribution in [-0.2, 0) is 14.3 Å². The Balaban J connectivity index is 1.89. The third-order valence-corrected chi connectivity index (χ3v) is 3.88. The van der Waals surface area contributed by atoms with Gasteiger partial charge in [-0.15, -0.1) is 0 Å². The Labute approximate surface area is 144 Å². The third kappa shape index (κ3) is 3.74. The zero-order valence-electron chi connectivity index (χ0n) is 13.9. The topological polar surface area (TPSA) is 102 Å². The summed E-state index contributed by atoms with van der Waals surface area (Å²) >= 11 is 0. The van der Waals surface area contributed by atoms with E-state index in [1.807, 2.05) is 6.07 Å². The van der Waals surface area contributed by atoms with Gasteiger partial charge in [-0.3, -0.25) is 9.59 Å². The van der Waals surface area contributed by atoms with Crippen LogP contribution in [0.25, 0.3) is 0 Å². The van der Waals surface area contributed by atoms with Crippen molar-refractivity contribution in [3.8, 4) is 6.01 Å². The molecule has 2 amide bonds. The second-order valence-electron chi connectivity index (χ2n) is 5.59. The molecule has 1 aliphatic heterocycles. The van der Waals surface area contributed by atoms with Gasteiger partial charge in [0, 0.05) is 43.2 Å². The molecule has 1 atom stereocenters. The highest BCUT2D eigenvalue weighted by Gasteiger charge is 2.27. The van der Waals surface area contributed by atoms with Crippen molar-refractivity contribution in [2.45, 2.75) is 12.3 Å². The molecule has 1 unspecified atom stereocenters. The number of anilines is 2. The van der Waals surface area contributed by atoms with Gasteiger partial charge < -0.3 is 20.1 Å². The molecule has 3 rings (SSSR count). The first-order valence-corrected chi connectivity index (χ1v) is 7.69. The smallest absolute Gasteiger partial charge is 0.316 e. The number of carbonyl (C=O) groups excluding carboxylic acids is 2. The van der Waals surface area contributed by atoms with E-state index in [1.165, 1.54) is 14.2 Å². The van der Waals surface area contributed by atoms with Crippen LogP contribution in [0.3, 0.4) is 0 Å². The van der Waals surface area contributed by atoms with Gasteiger partial charge in [-0.2, -0.15) is 0 Å². The van der Waals surface area contributed by atoms with Gasteiger partial charge in [0.2, 0.25) is 11.8 Å². The van der Waals surface area contributed by atoms with Crippen LogP contribution in [0.2, 0.25) is 0 Å². The largest absolute Gasteiger partial charge is 0.467 e. The van der Waals surface area contributed by atoms with Gasteiger partial charge in [-0.1, -0.05) is 6.07 Å². The van der Waals surface area contributed by atoms with E-state index < -0.39 is 0 Å². The molecule has 1 aromatic carbocycles. The molecule has 8 nitrogen and oxygen atoms in total. The Bertz CT molecular complexity index is 792. The lowest BCUT2D eigenvalue weighted by molar-refractivity contribution is -0.119. The van der Waals surface area contributed by atoms with Crippen LogP contribution in [0.4, 0.5) is 11.4 Å². The van der Waals surface area contributed by atoms with Crippen molar-refractivity contribution in [1.82, 2.24) is 9.97 Å². The number of fused-ring (bicyclic) bond motifs is 1. The molecule has 2 N–H and O–H groups in total. The van der Waals surface area contributed by atoms with Gasteiger partial charge in [-0.25, -0.2) is 9.97 Å². The highest BCUT2D eigenvalue weighted by atomic mass is 16.5. The normalized spacial score (nSPS) is 15.9. The van der Waals surface area contributed by atoms with Crippen molar-refractivity contribution in [3.63, 3.8) is 0 Å². The SMILES string of the molecule is COCC(=O)Nc1ccc2c(c1)NC(=O)CC2c1cnc(OC)nc1. The molecule has 130 valence electrons. The van der Waals surface area contributed by atoms with E-state index in [-0.39, 0.29) is 30.3 Å². The average Bonchev–Trinajstić information content (AvgIpc) is 2.61. The van der Waals surface area contributed by atoms with Gasteiger partial charge in [0.05, 0.1) is 7.11 Å². The van der Waals surface area contributed by atoms with Gasteiger partial charge in [0.1, 0.15) is 6.61 Å². The summed E-state index contributed by atoms with van der Waals surface area (Å²) in [6, 6.07) is 5.69. The van der Waals surface area contributed by atoms with E-state index in [9.17, 15) is 9.59 Å². The molecule has 0 radical (unpaired) electrons. The van der Waals surface area contributed by atoms with Crippen molar-refractivity contribution in [3.05, 3.63) is 41.7 Å². The van der Waals surface area contributed by atoms with E-state index in [0.29, 0.717) is 17.8 Å². The minimum atomic E-state index is -0.260. The van der Waals surface area contributed by atoms with Crippen LogP contribution in [0.15, 0.2) is 30.6 Å². The highest BCUT2D eigenvalue weighted by Crippen LogP contribution is 2.38. The van der Waals surface area contributed by atoms with E-state index in [1.54, 1.807) is 24.5 Å². The summed E-state index contributed by atoms with van der Waals surface area (Å²) in [7, 11) is 2.95. The molecule has 2 aromatic rings. The van der Waals surface area contributed by atoms with E-state index in [4.69, 9.17) is 9.47 Å². The quantitative estimate of drug-likeness (QED) is 0.854. The maximum Gasteiger partial charge on any atom is 0.316 e. The maximum absolute atomic E-state index is 12.1. The summed E-state index contributed by atoms with van der Waals surface area (Å²) in [6.07, 6.45) is 3.62. The molecule has 8 heteroatoms. The number of carbonyl (C=O) groups is 2. The van der Waals surface area contributed by atoms with Crippen molar-refractivity contribution in [2.75, 3.05) is 31.5 Å². The van der Waals surface area contributed by atoms with Crippen LogP contribution < -0.4 is 15.4 Å². The maximum atomic E-state index is 12.1. The molecule has 0 saturated heterocycles. The van der Waals surface area contributed by atoms with Gasteiger partial charge in [0.15, 0.2) is 0 Å². The number of nitrogens with one attached hydrogen (secondary N) is 2. The lowest BCUT2D eigenvalue weighted by Crippen LogP contribution is -2.24. The number of aromatic nitrogens is 2. The minimum absolute atomic E-state index is 0.0325. The second-order valence-corrected chi connectivity index (χ2v) is 5.59. The lowest BCUT2D eigenvalue weighted by Gasteiger charge is -2.26. The summed E-state index contributed by atoms with van der Waals surface area (Å²) in [6.45, 7) is -0.0325. The second kappa shape index (κ2) is 7.27. The molecular formula is C17H18N4O4. The van der Waals surface area contributed by atoms with E-state index in [2.05, 4.69) is 20.6 Å². The summed E-state index contributed by atoms with van der Waals surface area (Å²) in [4.78, 5) is 31.9. The first-order valence-electron chi connectivity index (χ1n) is 7.69. The van der Waals surface area contributed by atoms with Gasteiger partial charge in [-0.05, 0) is 23.3 Å². The van der Waals surface area contributed by atoms with E-state index in [0.717, 1.165) is 11.1 Å². The minimum Gasteiger partial charge on any atom is -0.467 e. The summed E-state index contributed by atoms with van der Waals surface area (Å²) in [5.41, 5.74) is 3.02. The van der Waals surface area contributed by atoms with Crippen LogP contribution >= 0.6 is 0 Å². The number of rotatable bonds is 5. The zero-order chi connectivity index (χ0) is 17.8. The van der Waals surface area contributed by atoms with Gasteiger partial charge >= 0.3 is 6.01 Å². The van der Waals surface area contributed by atoms with Crippen LogP contribution in [0.5, 0.6) is 6.01 Å². The standard InChI is InChI=1S/C17H18N4O4/c1-24-9-16(23)20-11-3-4-12-13(6-15(22)21-14(12)5-11)10-7-18-17(25-2)19-8-10/h3-5,7-8,13H,6,9H2,1-2H3,(H,20,23)(H,21,22). The lowest BCUT2D eigenvalue weighted by atomic mass is 9.86. The zero-order valence-corrected chi connectivity index (χ0v) is 13.9. The summed E-state index contributed by atoms with van der Waals surface area (Å²) in [5, 5.41) is 5.56. The van der Waals surface area contributed by atoms with Gasteiger partial charge in [0.25, 0.3) is 0 Å². The number of amides is 2. The van der Waals surface area contributed by atoms with Crippen LogP contribution in [0, 0.1) is 0 Å². The summed E-state index contributed by atoms with van der Waals surface area (Å²) in [5.74, 6) is -0.517. The van der Waals surface area contributed by atoms with Crippen LogP contribution in [-0.4, -0.2) is 42.6 Å². The fourth-order valence-electron chi connectivity index (χ4n) is 2.78. The molecule has 0 spiro atoms. The Morgan fingerprint density at radius 1 is 1.32 bits per heavy atom. The first kappa shape index (κ1) is 16.8. The number of hydrogen-bond acceptors (Lipinski definition) is 6. The van der Waals surface area contributed by atoms with Crippen molar-refractivity contribution in [2.24, 2.45) is 0 Å². The molecular weight excluding hydrogens is 324 g/mol. The predicted octanol–water partition coefficient (Wildman–Crippen LogP) is 1.54. The Hall–Kier alpha value is -3.00. The average molecular weight is 342 g/mol. The van der Waals surface area contributed by atoms with Crippen LogP contribution in [0.1, 0.15) is 23.5 Å². The van der Waals surface area contributed by atoms with Crippen molar-refractivity contribution in [1.29, 1.82) is 0 Å². The fourth-order valence-corrected chi connectivity index (χ4v) is 2.78. The molecule has 0 fully saturated rings. The number of benzene rings is 1. The van der Waals surface area contributed by atoms with Crippen molar-refractivity contribution >= 4 is 23.2 Å². The molecule has 0 bridgehead atoms. The molecule has 25 heavy (non-hydrogen) atoms. The molecule has 0 saturated carbocycles. The molecule has 0 aliphatic carbocycles. The number of methoxy groups -OCH3 is 2. The van der Waals surface area contributed by atoms with Crippen molar-refractivity contribution < 1.29 is 19.1 Å².